The van der Waals surface area contributed by atoms with Gasteiger partial charge < -0.3 is 10.2 Å². The first-order chi connectivity index (χ1) is 17.4. The molecule has 1 unspecified atom stereocenters. The first kappa shape index (κ1) is 25.3. The molecule has 0 saturated carbocycles. The highest BCUT2D eigenvalue weighted by Crippen LogP contribution is 2.35. The van der Waals surface area contributed by atoms with Crippen LogP contribution in [-0.2, 0) is 32.1 Å². The van der Waals surface area contributed by atoms with E-state index in [1.165, 1.54) is 29.0 Å². The smallest absolute Gasteiger partial charge is 0.242 e. The van der Waals surface area contributed by atoms with E-state index in [4.69, 9.17) is 0 Å². The Bertz CT molecular complexity index is 1120. The summed E-state index contributed by atoms with van der Waals surface area (Å²) in [6.07, 6.45) is 5.09. The van der Waals surface area contributed by atoms with Gasteiger partial charge in [0.25, 0.3) is 0 Å². The number of carbonyl (C=O) groups excluding carboxylic acids is 4. The van der Waals surface area contributed by atoms with Crippen LogP contribution >= 0.6 is 0 Å². The maximum Gasteiger partial charge on any atom is 0.242 e. The number of nitrogens with zero attached hydrogens (tertiary/aromatic N) is 2. The van der Waals surface area contributed by atoms with E-state index in [0.29, 0.717) is 18.4 Å². The van der Waals surface area contributed by atoms with E-state index in [0.717, 1.165) is 5.56 Å². The molecule has 2 aliphatic rings. The summed E-state index contributed by atoms with van der Waals surface area (Å²) in [4.78, 5) is 54.8. The predicted octanol–water partition coefficient (Wildman–Crippen LogP) is 2.85. The predicted molar refractivity (Wildman–Crippen MR) is 132 cm³/mol. The lowest BCUT2D eigenvalue weighted by molar-refractivity contribution is -0.144. The van der Waals surface area contributed by atoms with Crippen molar-refractivity contribution in [3.05, 3.63) is 83.7 Å². The average molecular weight is 492 g/mol. The maximum absolute atomic E-state index is 13.6. The number of amides is 4. The molecule has 2 aromatic rings. The van der Waals surface area contributed by atoms with Crippen molar-refractivity contribution in [3.8, 4) is 0 Å². The highest BCUT2D eigenvalue weighted by Gasteiger charge is 2.47. The summed E-state index contributed by atoms with van der Waals surface area (Å²) in [5.41, 5.74) is 1.54. The number of fused-ring (bicyclic) bond motifs is 1. The van der Waals surface area contributed by atoms with Gasteiger partial charge in [0, 0.05) is 33.0 Å². The lowest BCUT2D eigenvalue weighted by Gasteiger charge is -2.31. The van der Waals surface area contributed by atoms with Gasteiger partial charge in [-0.25, -0.2) is 4.39 Å². The van der Waals surface area contributed by atoms with Gasteiger partial charge in [0.15, 0.2) is 0 Å². The molecule has 2 aromatic carbocycles. The Balaban J connectivity index is 1.55. The minimum Gasteiger partial charge on any atom is -0.357 e. The molecule has 0 spiro atoms. The number of hydrogen-bond acceptors (Lipinski definition) is 4. The summed E-state index contributed by atoms with van der Waals surface area (Å²) >= 11 is 0. The fourth-order valence-electron chi connectivity index (χ4n) is 4.95. The fraction of sp³-hybridized carbons (Fsp3) is 0.357. The largest absolute Gasteiger partial charge is 0.357 e. The molecule has 1 heterocycles. The van der Waals surface area contributed by atoms with Gasteiger partial charge in [-0.3, -0.25) is 24.1 Å². The van der Waals surface area contributed by atoms with Crippen molar-refractivity contribution >= 4 is 23.6 Å². The molecule has 1 N–H and O–H groups in total. The second-order valence-electron chi connectivity index (χ2n) is 9.20. The van der Waals surface area contributed by atoms with Crippen LogP contribution < -0.4 is 5.32 Å². The van der Waals surface area contributed by atoms with Crippen molar-refractivity contribution in [3.63, 3.8) is 0 Å². The summed E-state index contributed by atoms with van der Waals surface area (Å²) in [7, 11) is 1.51. The number of rotatable bonds is 9. The third-order valence-electron chi connectivity index (χ3n) is 6.93. The number of halogens is 1. The van der Waals surface area contributed by atoms with Crippen molar-refractivity contribution in [1.82, 2.24) is 15.1 Å². The maximum atomic E-state index is 13.6. The quantitative estimate of drug-likeness (QED) is 0.432. The molecule has 4 rings (SSSR count). The van der Waals surface area contributed by atoms with E-state index >= 15 is 0 Å². The van der Waals surface area contributed by atoms with Gasteiger partial charge in [0.1, 0.15) is 11.9 Å². The van der Waals surface area contributed by atoms with Gasteiger partial charge in [-0.1, -0.05) is 54.6 Å². The molecule has 1 aliphatic heterocycles. The molecule has 36 heavy (non-hydrogen) atoms. The van der Waals surface area contributed by atoms with Gasteiger partial charge in [0.05, 0.1) is 11.8 Å². The molecule has 1 aliphatic carbocycles. The SMILES string of the molecule is CNC(=O)C(Cc1ccccc1)N(Cc1ccc(F)cc1)C(=O)CCN1C(=O)[C@H]2CC=CC[C@H]2C1=O. The van der Waals surface area contributed by atoms with Gasteiger partial charge in [-0.15, -0.1) is 0 Å². The summed E-state index contributed by atoms with van der Waals surface area (Å²) < 4.78 is 13.5. The molecule has 1 fully saturated rings. The monoisotopic (exact) mass is 491 g/mol. The van der Waals surface area contributed by atoms with Gasteiger partial charge >= 0.3 is 0 Å². The number of benzene rings is 2. The molecule has 0 aromatic heterocycles. The van der Waals surface area contributed by atoms with E-state index < -0.39 is 11.9 Å². The number of hydrogen-bond donors (Lipinski definition) is 1. The molecule has 4 amide bonds. The van der Waals surface area contributed by atoms with Crippen LogP contribution in [0, 0.1) is 17.7 Å². The van der Waals surface area contributed by atoms with Crippen LogP contribution in [0.5, 0.6) is 0 Å². The van der Waals surface area contributed by atoms with Crippen molar-refractivity contribution < 1.29 is 23.6 Å². The molecule has 7 nitrogen and oxygen atoms in total. The molecule has 3 atom stereocenters. The van der Waals surface area contributed by atoms with Gasteiger partial charge in [-0.05, 0) is 36.1 Å². The molecule has 1 saturated heterocycles. The van der Waals surface area contributed by atoms with Crippen molar-refractivity contribution in [2.75, 3.05) is 13.6 Å². The van der Waals surface area contributed by atoms with Crippen LogP contribution in [0.2, 0.25) is 0 Å². The van der Waals surface area contributed by atoms with Crippen LogP contribution in [-0.4, -0.2) is 53.1 Å². The lowest BCUT2D eigenvalue weighted by atomic mass is 9.85. The number of nitrogens with one attached hydrogen (secondary N) is 1. The normalized spacial score (nSPS) is 19.7. The third-order valence-corrected chi connectivity index (χ3v) is 6.93. The standard InChI is InChI=1S/C28H30FN3O4/c1-30-26(34)24(17-19-7-3-2-4-8-19)32(18-20-11-13-21(29)14-12-20)25(33)15-16-31-27(35)22-9-5-6-10-23(22)28(31)36/h2-8,11-14,22-24H,9-10,15-18H2,1H3,(H,30,34)/t22-,23+,24?. The highest BCUT2D eigenvalue weighted by atomic mass is 19.1. The van der Waals surface area contributed by atoms with Crippen molar-refractivity contribution in [2.45, 2.75) is 38.3 Å². The zero-order valence-corrected chi connectivity index (χ0v) is 20.2. The number of carbonyl (C=O) groups is 4. The topological polar surface area (TPSA) is 86.8 Å². The Labute approximate surface area is 210 Å². The van der Waals surface area contributed by atoms with E-state index in [1.807, 2.05) is 42.5 Å². The van der Waals surface area contributed by atoms with E-state index in [2.05, 4.69) is 5.32 Å². The Hall–Kier alpha value is -3.81. The summed E-state index contributed by atoms with van der Waals surface area (Å²) in [6.45, 7) is 0.0519. The molecule has 188 valence electrons. The fourth-order valence-corrected chi connectivity index (χ4v) is 4.95. The number of allylic oxidation sites excluding steroid dienone is 2. The van der Waals surface area contributed by atoms with Crippen LogP contribution in [0.1, 0.15) is 30.4 Å². The van der Waals surface area contributed by atoms with Crippen molar-refractivity contribution in [1.29, 1.82) is 0 Å². The number of imide groups is 1. The van der Waals surface area contributed by atoms with Crippen LogP contribution in [0.25, 0.3) is 0 Å². The minimum atomic E-state index is -0.827. The number of likely N-dealkylation sites (N-methyl/N-ethyl adjacent to an activating group) is 1. The Kier molecular flexibility index (Phi) is 7.93. The van der Waals surface area contributed by atoms with Crippen molar-refractivity contribution in [2.24, 2.45) is 11.8 Å². The van der Waals surface area contributed by atoms with Crippen LogP contribution in [0.3, 0.4) is 0 Å². The molecule has 8 heteroatoms. The molecular weight excluding hydrogens is 461 g/mol. The first-order valence-electron chi connectivity index (χ1n) is 12.2. The summed E-state index contributed by atoms with van der Waals surface area (Å²) in [5.74, 6) is -2.28. The van der Waals surface area contributed by atoms with E-state index in [9.17, 15) is 23.6 Å². The Morgan fingerprint density at radius 3 is 2.17 bits per heavy atom. The molecular formula is C28H30FN3O4. The summed E-state index contributed by atoms with van der Waals surface area (Å²) in [6, 6.07) is 14.3. The molecule has 0 bridgehead atoms. The minimum absolute atomic E-state index is 0.0325. The third kappa shape index (κ3) is 5.53. The summed E-state index contributed by atoms with van der Waals surface area (Å²) in [5, 5.41) is 2.64. The zero-order chi connectivity index (χ0) is 25.7. The highest BCUT2D eigenvalue weighted by molar-refractivity contribution is 6.05. The number of likely N-dealkylation sites (tertiary alicyclic amines) is 1. The van der Waals surface area contributed by atoms with Crippen LogP contribution in [0.15, 0.2) is 66.7 Å². The Morgan fingerprint density at radius 1 is 0.972 bits per heavy atom. The van der Waals surface area contributed by atoms with Crippen LogP contribution in [0.4, 0.5) is 4.39 Å². The van der Waals surface area contributed by atoms with E-state index in [1.54, 1.807) is 12.1 Å². The van der Waals surface area contributed by atoms with Gasteiger partial charge in [0.2, 0.25) is 23.6 Å². The second kappa shape index (κ2) is 11.3. The lowest BCUT2D eigenvalue weighted by Crippen LogP contribution is -2.50. The Morgan fingerprint density at radius 2 is 1.58 bits per heavy atom. The van der Waals surface area contributed by atoms with Gasteiger partial charge in [-0.2, -0.15) is 0 Å². The average Bonchev–Trinajstić information content (AvgIpc) is 3.15. The molecule has 0 radical (unpaired) electrons. The van der Waals surface area contributed by atoms with E-state index in [-0.39, 0.29) is 61.4 Å². The second-order valence-corrected chi connectivity index (χ2v) is 9.20. The zero-order valence-electron chi connectivity index (χ0n) is 20.2. The first-order valence-corrected chi connectivity index (χ1v) is 12.2.